The second-order valence-electron chi connectivity index (χ2n) is 7.31. The number of nitrogens with zero attached hydrogens (tertiary/aromatic N) is 4. The molecule has 3 aromatic rings. The summed E-state index contributed by atoms with van der Waals surface area (Å²) in [5, 5.41) is 0. The van der Waals surface area contributed by atoms with E-state index in [-0.39, 0.29) is 36.8 Å². The third-order valence-electron chi connectivity index (χ3n) is 5.44. The Morgan fingerprint density at radius 2 is 1.96 bits per heavy atom. The number of furan rings is 1. The highest BCUT2D eigenvalue weighted by Crippen LogP contribution is 2.23. The maximum atomic E-state index is 13.1. The van der Waals surface area contributed by atoms with Crippen LogP contribution < -0.4 is 5.69 Å². The molecule has 2 atom stereocenters. The molecule has 7 heteroatoms. The Labute approximate surface area is 157 Å². The number of carbonyl (C=O) groups excluding carboxylic acids is 1. The number of imidazole rings is 1. The molecule has 1 aliphatic rings. The van der Waals surface area contributed by atoms with Gasteiger partial charge in [0.05, 0.1) is 18.3 Å². The van der Waals surface area contributed by atoms with E-state index in [0.29, 0.717) is 16.9 Å². The zero-order valence-electron chi connectivity index (χ0n) is 15.7. The molecule has 4 rings (SSSR count). The number of piperidine rings is 1. The Balaban J connectivity index is 1.70. The van der Waals surface area contributed by atoms with Crippen LogP contribution >= 0.6 is 0 Å². The second kappa shape index (κ2) is 7.06. The van der Waals surface area contributed by atoms with Gasteiger partial charge < -0.3 is 9.32 Å². The van der Waals surface area contributed by atoms with Crippen molar-refractivity contribution in [2.24, 2.45) is 0 Å². The Bertz CT molecular complexity index is 992. The molecule has 0 unspecified atom stereocenters. The van der Waals surface area contributed by atoms with E-state index in [1.165, 1.54) is 4.57 Å². The van der Waals surface area contributed by atoms with Crippen molar-refractivity contribution < 1.29 is 9.21 Å². The van der Waals surface area contributed by atoms with Crippen LogP contribution in [-0.2, 0) is 17.9 Å². The quantitative estimate of drug-likeness (QED) is 0.710. The first-order chi connectivity index (χ1) is 13.1. The minimum Gasteiger partial charge on any atom is -0.467 e. The summed E-state index contributed by atoms with van der Waals surface area (Å²) in [7, 11) is 0. The van der Waals surface area contributed by atoms with Crippen LogP contribution in [-0.4, -0.2) is 37.0 Å². The summed E-state index contributed by atoms with van der Waals surface area (Å²) in [4.78, 5) is 32.4. The summed E-state index contributed by atoms with van der Waals surface area (Å²) >= 11 is 0. The minimum absolute atomic E-state index is 0.0160. The summed E-state index contributed by atoms with van der Waals surface area (Å²) < 4.78 is 8.47. The molecule has 1 saturated heterocycles. The molecule has 3 aromatic heterocycles. The zero-order valence-corrected chi connectivity index (χ0v) is 15.7. The van der Waals surface area contributed by atoms with Crippen molar-refractivity contribution in [3.05, 3.63) is 53.0 Å². The van der Waals surface area contributed by atoms with E-state index in [1.807, 2.05) is 17.0 Å². The van der Waals surface area contributed by atoms with Crippen LogP contribution in [0.1, 0.15) is 38.9 Å². The molecule has 4 heterocycles. The van der Waals surface area contributed by atoms with Gasteiger partial charge in [-0.05, 0) is 57.4 Å². The van der Waals surface area contributed by atoms with Crippen LogP contribution in [0.25, 0.3) is 11.2 Å². The van der Waals surface area contributed by atoms with E-state index in [4.69, 9.17) is 4.42 Å². The van der Waals surface area contributed by atoms with Gasteiger partial charge in [0.2, 0.25) is 5.91 Å². The number of pyridine rings is 1. The molecule has 0 bridgehead atoms. The Hall–Kier alpha value is -2.83. The van der Waals surface area contributed by atoms with Gasteiger partial charge in [-0.25, -0.2) is 9.78 Å². The molecule has 7 nitrogen and oxygen atoms in total. The molecule has 1 aliphatic heterocycles. The van der Waals surface area contributed by atoms with Crippen LogP contribution in [0, 0.1) is 0 Å². The van der Waals surface area contributed by atoms with Gasteiger partial charge >= 0.3 is 5.69 Å². The molecule has 1 fully saturated rings. The van der Waals surface area contributed by atoms with Gasteiger partial charge in [0.15, 0.2) is 5.65 Å². The lowest BCUT2D eigenvalue weighted by Crippen LogP contribution is -2.49. The summed E-state index contributed by atoms with van der Waals surface area (Å²) in [5.74, 6) is 0.657. The number of likely N-dealkylation sites (tertiary alicyclic amines) is 1. The predicted octanol–water partition coefficient (Wildman–Crippen LogP) is 2.63. The van der Waals surface area contributed by atoms with Crippen molar-refractivity contribution in [2.75, 3.05) is 0 Å². The summed E-state index contributed by atoms with van der Waals surface area (Å²) in [5.41, 5.74) is 0.983. The highest BCUT2D eigenvalue weighted by atomic mass is 16.3. The fraction of sp³-hybridized carbons (Fsp3) is 0.450. The van der Waals surface area contributed by atoms with Crippen molar-refractivity contribution in [3.63, 3.8) is 0 Å². The van der Waals surface area contributed by atoms with Crippen LogP contribution in [0.15, 0.2) is 45.9 Å². The van der Waals surface area contributed by atoms with Gasteiger partial charge in [-0.1, -0.05) is 0 Å². The van der Waals surface area contributed by atoms with Crippen molar-refractivity contribution in [3.8, 4) is 0 Å². The maximum absolute atomic E-state index is 13.1. The fourth-order valence-electron chi connectivity index (χ4n) is 4.13. The van der Waals surface area contributed by atoms with E-state index >= 15 is 0 Å². The third kappa shape index (κ3) is 3.18. The average molecular weight is 368 g/mol. The van der Waals surface area contributed by atoms with Crippen molar-refractivity contribution in [1.82, 2.24) is 19.0 Å². The minimum atomic E-state index is -0.245. The highest BCUT2D eigenvalue weighted by Gasteiger charge is 2.30. The van der Waals surface area contributed by atoms with Crippen LogP contribution in [0.4, 0.5) is 0 Å². The molecule has 0 N–H and O–H groups in total. The van der Waals surface area contributed by atoms with Gasteiger partial charge in [0.1, 0.15) is 12.3 Å². The molecule has 0 aromatic carbocycles. The Morgan fingerprint density at radius 3 is 2.67 bits per heavy atom. The van der Waals surface area contributed by atoms with Crippen LogP contribution in [0.3, 0.4) is 0 Å². The maximum Gasteiger partial charge on any atom is 0.331 e. The molecular weight excluding hydrogens is 344 g/mol. The first-order valence-electron chi connectivity index (χ1n) is 9.44. The van der Waals surface area contributed by atoms with E-state index in [2.05, 4.69) is 18.8 Å². The van der Waals surface area contributed by atoms with E-state index in [9.17, 15) is 9.59 Å². The normalized spacial score (nSPS) is 20.3. The van der Waals surface area contributed by atoms with Gasteiger partial charge in [0.25, 0.3) is 0 Å². The molecule has 27 heavy (non-hydrogen) atoms. The molecular formula is C20H24N4O3. The topological polar surface area (TPSA) is 73.3 Å². The van der Waals surface area contributed by atoms with Gasteiger partial charge in [0, 0.05) is 18.3 Å². The smallest absolute Gasteiger partial charge is 0.331 e. The van der Waals surface area contributed by atoms with Gasteiger partial charge in [-0.2, -0.15) is 0 Å². The molecule has 142 valence electrons. The standard InChI is InChI=1S/C20H24N4O3/c1-14-6-3-7-15(2)24(14)18(25)13-22-17-9-4-10-21-19(17)23(20(22)26)12-16-8-5-11-27-16/h4-5,8-11,14-15H,3,6-7,12-13H2,1-2H3/t14-,15+. The highest BCUT2D eigenvalue weighted by molar-refractivity contribution is 5.80. The Morgan fingerprint density at radius 1 is 1.19 bits per heavy atom. The van der Waals surface area contributed by atoms with Gasteiger partial charge in [-0.15, -0.1) is 0 Å². The predicted molar refractivity (Wildman–Crippen MR) is 101 cm³/mol. The third-order valence-corrected chi connectivity index (χ3v) is 5.44. The lowest BCUT2D eigenvalue weighted by atomic mass is 9.97. The van der Waals surface area contributed by atoms with Crippen molar-refractivity contribution in [2.45, 2.75) is 58.3 Å². The lowest BCUT2D eigenvalue weighted by Gasteiger charge is -2.39. The second-order valence-corrected chi connectivity index (χ2v) is 7.31. The molecule has 0 aliphatic carbocycles. The Kier molecular flexibility index (Phi) is 4.59. The summed E-state index contributed by atoms with van der Waals surface area (Å²) in [6.07, 6.45) is 6.38. The number of hydrogen-bond acceptors (Lipinski definition) is 4. The number of aromatic nitrogens is 3. The van der Waals surface area contributed by atoms with Crippen LogP contribution in [0.5, 0.6) is 0 Å². The van der Waals surface area contributed by atoms with Gasteiger partial charge in [-0.3, -0.25) is 13.9 Å². The molecule has 0 spiro atoms. The number of hydrogen-bond donors (Lipinski definition) is 0. The fourth-order valence-corrected chi connectivity index (χ4v) is 4.13. The first-order valence-corrected chi connectivity index (χ1v) is 9.44. The molecule has 0 saturated carbocycles. The van der Waals surface area contributed by atoms with Crippen molar-refractivity contribution >= 4 is 17.1 Å². The monoisotopic (exact) mass is 368 g/mol. The lowest BCUT2D eigenvalue weighted by molar-refractivity contribution is -0.137. The molecule has 0 radical (unpaired) electrons. The number of carbonyl (C=O) groups is 1. The van der Waals surface area contributed by atoms with E-state index in [1.54, 1.807) is 29.2 Å². The van der Waals surface area contributed by atoms with Crippen molar-refractivity contribution in [1.29, 1.82) is 0 Å². The number of fused-ring (bicyclic) bond motifs is 1. The number of amides is 1. The largest absolute Gasteiger partial charge is 0.467 e. The first kappa shape index (κ1) is 17.6. The average Bonchev–Trinajstić information content (AvgIpc) is 3.25. The van der Waals surface area contributed by atoms with E-state index < -0.39 is 0 Å². The summed E-state index contributed by atoms with van der Waals surface area (Å²) in [6, 6.07) is 7.62. The zero-order chi connectivity index (χ0) is 19.0. The number of rotatable bonds is 4. The van der Waals surface area contributed by atoms with Crippen LogP contribution in [0.2, 0.25) is 0 Å². The van der Waals surface area contributed by atoms with E-state index in [0.717, 1.165) is 19.3 Å². The SMILES string of the molecule is C[C@@H]1CCC[C@H](C)N1C(=O)Cn1c(=O)n(Cc2ccco2)c2ncccc21. The summed E-state index contributed by atoms with van der Waals surface area (Å²) in [6.45, 7) is 4.48. The molecule has 1 amide bonds.